The van der Waals surface area contributed by atoms with E-state index in [0.29, 0.717) is 23.7 Å². The maximum atomic E-state index is 13.6. The van der Waals surface area contributed by atoms with Crippen LogP contribution in [-0.4, -0.2) is 56.9 Å². The maximum Gasteiger partial charge on any atom is 0.248 e. The van der Waals surface area contributed by atoms with E-state index in [2.05, 4.69) is 10.6 Å². The quantitative estimate of drug-likeness (QED) is 0.544. The van der Waals surface area contributed by atoms with E-state index in [1.165, 1.54) is 4.90 Å². The Labute approximate surface area is 207 Å². The highest BCUT2D eigenvalue weighted by molar-refractivity contribution is 8.02. The van der Waals surface area contributed by atoms with Crippen LogP contribution in [-0.2, 0) is 20.9 Å². The van der Waals surface area contributed by atoms with Crippen molar-refractivity contribution in [3.05, 3.63) is 65.2 Å². The van der Waals surface area contributed by atoms with E-state index >= 15 is 0 Å². The first-order valence-corrected chi connectivity index (χ1v) is 12.7. The fourth-order valence-electron chi connectivity index (χ4n) is 5.75. The Bertz CT molecular complexity index is 1100. The number of nitrogens with one attached hydrogen (secondary N) is 2. The van der Waals surface area contributed by atoms with Gasteiger partial charge in [-0.25, -0.2) is 0 Å². The van der Waals surface area contributed by atoms with E-state index in [0.717, 1.165) is 12.0 Å². The third-order valence-corrected chi connectivity index (χ3v) is 9.32. The van der Waals surface area contributed by atoms with Crippen molar-refractivity contribution in [2.24, 2.45) is 11.8 Å². The molecule has 5 atom stereocenters. The number of halogens is 1. The topological polar surface area (TPSA) is 98.7 Å². The lowest BCUT2D eigenvalue weighted by Crippen LogP contribution is -2.52. The first-order chi connectivity index (χ1) is 16.4. The number of carbonyl (C=O) groups is 3. The molecule has 3 aliphatic rings. The minimum Gasteiger partial charge on any atom is -0.395 e. The van der Waals surface area contributed by atoms with Crippen LogP contribution in [0.5, 0.6) is 0 Å². The summed E-state index contributed by atoms with van der Waals surface area (Å²) in [5, 5.41) is 16.1. The van der Waals surface area contributed by atoms with Crippen LogP contribution >= 0.6 is 23.4 Å². The molecule has 3 saturated heterocycles. The van der Waals surface area contributed by atoms with Crippen molar-refractivity contribution >= 4 is 46.8 Å². The lowest BCUT2D eigenvalue weighted by atomic mass is 9.70. The highest BCUT2D eigenvalue weighted by Crippen LogP contribution is 2.66. The number of likely N-dealkylation sites (tertiary alicyclic amines) is 1. The summed E-state index contributed by atoms with van der Waals surface area (Å²) in [5.74, 6) is -1.75. The average molecular weight is 500 g/mol. The van der Waals surface area contributed by atoms with E-state index < -0.39 is 22.6 Å². The molecule has 3 N–H and O–H groups in total. The third-order valence-electron chi connectivity index (χ3n) is 7.11. The van der Waals surface area contributed by atoms with E-state index in [1.807, 2.05) is 30.3 Å². The molecule has 3 fully saturated rings. The predicted molar refractivity (Wildman–Crippen MR) is 131 cm³/mol. The Balaban J connectivity index is 1.40. The number of nitrogens with zero attached hydrogens (tertiary/aromatic N) is 1. The van der Waals surface area contributed by atoms with E-state index in [9.17, 15) is 19.5 Å². The molecule has 2 bridgehead atoms. The zero-order valence-electron chi connectivity index (χ0n) is 18.4. The molecule has 0 aliphatic carbocycles. The van der Waals surface area contributed by atoms with Gasteiger partial charge in [-0.2, -0.15) is 0 Å². The Morgan fingerprint density at radius 3 is 2.56 bits per heavy atom. The molecule has 2 aromatic carbocycles. The Morgan fingerprint density at radius 2 is 1.85 bits per heavy atom. The number of β-amino-alcohol motifs (C(OH)–C–C–N with tert-alkyl or cyclic N) is 1. The SMILES string of the molecule is O=C(Nc1ccc(Cl)cc1)C1N(CCO)C(=O)[C@@H]2[C@@H](C(=O)NCc3ccccc3)[C@H]3CCC12S3. The molecule has 9 heteroatoms. The second-order valence-electron chi connectivity index (χ2n) is 9.01. The second-order valence-corrected chi connectivity index (χ2v) is 11.0. The molecule has 0 aromatic heterocycles. The largest absolute Gasteiger partial charge is 0.395 e. The number of carbonyl (C=O) groups excluding carboxylic acids is 3. The summed E-state index contributed by atoms with van der Waals surface area (Å²) in [4.78, 5) is 41.9. The van der Waals surface area contributed by atoms with Crippen LogP contribution in [0.3, 0.4) is 0 Å². The number of hydrogen-bond acceptors (Lipinski definition) is 5. The lowest BCUT2D eigenvalue weighted by molar-refractivity contribution is -0.139. The number of aliphatic hydroxyl groups excluding tert-OH is 1. The first kappa shape index (κ1) is 23.2. The van der Waals surface area contributed by atoms with Gasteiger partial charge in [-0.3, -0.25) is 14.4 Å². The van der Waals surface area contributed by atoms with Crippen molar-refractivity contribution in [2.75, 3.05) is 18.5 Å². The van der Waals surface area contributed by atoms with Crippen molar-refractivity contribution < 1.29 is 19.5 Å². The molecule has 3 aliphatic heterocycles. The Kier molecular flexibility index (Phi) is 6.31. The monoisotopic (exact) mass is 499 g/mol. The zero-order chi connectivity index (χ0) is 23.9. The molecule has 2 unspecified atom stereocenters. The number of anilines is 1. The van der Waals surface area contributed by atoms with Gasteiger partial charge in [-0.1, -0.05) is 41.9 Å². The van der Waals surface area contributed by atoms with Gasteiger partial charge in [0.1, 0.15) is 6.04 Å². The van der Waals surface area contributed by atoms with Crippen LogP contribution in [0.1, 0.15) is 18.4 Å². The van der Waals surface area contributed by atoms with Gasteiger partial charge in [0.05, 0.1) is 23.2 Å². The zero-order valence-corrected chi connectivity index (χ0v) is 20.0. The van der Waals surface area contributed by atoms with Gasteiger partial charge < -0.3 is 20.6 Å². The number of thioether (sulfide) groups is 1. The van der Waals surface area contributed by atoms with Crippen molar-refractivity contribution in [1.82, 2.24) is 10.2 Å². The van der Waals surface area contributed by atoms with Gasteiger partial charge in [-0.15, -0.1) is 11.8 Å². The van der Waals surface area contributed by atoms with Crippen LogP contribution in [0.15, 0.2) is 54.6 Å². The molecule has 2 aromatic rings. The molecule has 3 heterocycles. The van der Waals surface area contributed by atoms with Crippen LogP contribution < -0.4 is 10.6 Å². The molecular formula is C25H26ClN3O4S. The Hall–Kier alpha value is -2.55. The van der Waals surface area contributed by atoms with Gasteiger partial charge in [0.15, 0.2) is 0 Å². The lowest BCUT2D eigenvalue weighted by Gasteiger charge is -2.34. The predicted octanol–water partition coefficient (Wildman–Crippen LogP) is 2.68. The number of fused-ring (bicyclic) bond motifs is 1. The van der Waals surface area contributed by atoms with Crippen molar-refractivity contribution in [3.63, 3.8) is 0 Å². The van der Waals surface area contributed by atoms with E-state index in [1.54, 1.807) is 36.0 Å². The molecule has 34 heavy (non-hydrogen) atoms. The molecule has 7 nitrogen and oxygen atoms in total. The van der Waals surface area contributed by atoms with E-state index in [4.69, 9.17) is 11.6 Å². The van der Waals surface area contributed by atoms with Gasteiger partial charge >= 0.3 is 0 Å². The number of rotatable bonds is 7. The van der Waals surface area contributed by atoms with Gasteiger partial charge in [0.25, 0.3) is 0 Å². The third kappa shape index (κ3) is 3.87. The summed E-state index contributed by atoms with van der Waals surface area (Å²) in [6.45, 7) is 0.194. The molecule has 1 spiro atoms. The number of hydrogen-bond donors (Lipinski definition) is 3. The summed E-state index contributed by atoms with van der Waals surface area (Å²) in [7, 11) is 0. The molecule has 5 rings (SSSR count). The van der Waals surface area contributed by atoms with Crippen LogP contribution in [0.4, 0.5) is 5.69 Å². The highest BCUT2D eigenvalue weighted by atomic mass is 35.5. The second kappa shape index (κ2) is 9.24. The number of aliphatic hydroxyl groups is 1. The van der Waals surface area contributed by atoms with Gasteiger partial charge in [-0.05, 0) is 42.7 Å². The summed E-state index contributed by atoms with van der Waals surface area (Å²) in [6.07, 6.45) is 1.46. The van der Waals surface area contributed by atoms with E-state index in [-0.39, 0.29) is 36.1 Å². The highest BCUT2D eigenvalue weighted by Gasteiger charge is 2.73. The van der Waals surface area contributed by atoms with Gasteiger partial charge in [0, 0.05) is 29.0 Å². The summed E-state index contributed by atoms with van der Waals surface area (Å²) >= 11 is 7.56. The molecule has 3 amide bonds. The van der Waals surface area contributed by atoms with Crippen molar-refractivity contribution in [1.29, 1.82) is 0 Å². The minimum atomic E-state index is -0.755. The normalized spacial score (nSPS) is 29.2. The molecule has 178 valence electrons. The summed E-state index contributed by atoms with van der Waals surface area (Å²) in [6, 6.07) is 15.7. The number of benzene rings is 2. The fourth-order valence-corrected chi connectivity index (χ4v) is 8.09. The molecular weight excluding hydrogens is 474 g/mol. The Morgan fingerprint density at radius 1 is 1.12 bits per heavy atom. The fraction of sp³-hybridized carbons (Fsp3) is 0.400. The van der Waals surface area contributed by atoms with Crippen LogP contribution in [0.25, 0.3) is 0 Å². The standard InChI is InChI=1S/C25H26ClN3O4S/c26-16-6-8-17(9-7-16)28-23(32)21-25-11-10-18(34-25)19(20(25)24(33)29(21)12-13-30)22(31)27-14-15-4-2-1-3-5-15/h1-9,18-21,30H,10-14H2,(H,27,31)(H,28,32)/t18-,19+,20+,21?,25?/m1/s1. The van der Waals surface area contributed by atoms with Gasteiger partial charge in [0.2, 0.25) is 17.7 Å². The smallest absolute Gasteiger partial charge is 0.248 e. The first-order valence-electron chi connectivity index (χ1n) is 11.4. The maximum absolute atomic E-state index is 13.6. The van der Waals surface area contributed by atoms with Crippen molar-refractivity contribution in [2.45, 2.75) is 35.4 Å². The summed E-state index contributed by atoms with van der Waals surface area (Å²) < 4.78 is -0.678. The van der Waals surface area contributed by atoms with Crippen LogP contribution in [0, 0.1) is 11.8 Å². The molecule has 0 radical (unpaired) electrons. The molecule has 0 saturated carbocycles. The number of amides is 3. The average Bonchev–Trinajstić information content (AvgIpc) is 3.48. The summed E-state index contributed by atoms with van der Waals surface area (Å²) in [5.41, 5.74) is 1.57. The van der Waals surface area contributed by atoms with Crippen LogP contribution in [0.2, 0.25) is 5.02 Å². The van der Waals surface area contributed by atoms with Crippen molar-refractivity contribution in [3.8, 4) is 0 Å². The minimum absolute atomic E-state index is 0.00756.